The van der Waals surface area contributed by atoms with Gasteiger partial charge in [-0.05, 0) is 33.7 Å². The van der Waals surface area contributed by atoms with E-state index in [0.717, 1.165) is 13.0 Å². The van der Waals surface area contributed by atoms with Crippen LogP contribution in [0.3, 0.4) is 0 Å². The van der Waals surface area contributed by atoms with Crippen molar-refractivity contribution < 1.29 is 14.6 Å². The topological polar surface area (TPSA) is 55.7 Å². The molecular formula is C12H25FN2O2. The smallest absolute Gasteiger partial charge is 0.128 e. The van der Waals surface area contributed by atoms with E-state index in [1.807, 2.05) is 25.7 Å². The van der Waals surface area contributed by atoms with Gasteiger partial charge in [0.1, 0.15) is 6.17 Å². The molecule has 1 saturated heterocycles. The number of likely N-dealkylation sites (tertiary alicyclic amines) is 1. The number of hydrogen-bond donors (Lipinski definition) is 3. The first-order chi connectivity index (χ1) is 7.81. The van der Waals surface area contributed by atoms with E-state index >= 15 is 0 Å². The van der Waals surface area contributed by atoms with E-state index in [0.29, 0.717) is 13.1 Å². The molecule has 3 N–H and O–H groups in total. The lowest BCUT2D eigenvalue weighted by Gasteiger charge is -2.38. The fourth-order valence-electron chi connectivity index (χ4n) is 2.21. The highest BCUT2D eigenvalue weighted by atomic mass is 19.1. The van der Waals surface area contributed by atoms with Gasteiger partial charge in [0.05, 0.1) is 12.7 Å². The monoisotopic (exact) mass is 248 g/mol. The zero-order chi connectivity index (χ0) is 13.1. The summed E-state index contributed by atoms with van der Waals surface area (Å²) in [5, 5.41) is 21.4. The van der Waals surface area contributed by atoms with Crippen LogP contribution in [0, 0.1) is 0 Å². The fraction of sp³-hybridized carbons (Fsp3) is 1.00. The molecule has 0 saturated carbocycles. The summed E-state index contributed by atoms with van der Waals surface area (Å²) < 4.78 is 13.9. The lowest BCUT2D eigenvalue weighted by atomic mass is 9.98. The average Bonchev–Trinajstić information content (AvgIpc) is 2.20. The number of aliphatic hydroxyl groups is 2. The Hall–Kier alpha value is -0.230. The van der Waals surface area contributed by atoms with Gasteiger partial charge in [0.2, 0.25) is 0 Å². The van der Waals surface area contributed by atoms with E-state index in [1.54, 1.807) is 0 Å². The van der Waals surface area contributed by atoms with Crippen LogP contribution in [-0.2, 0) is 0 Å². The number of aliphatic hydroxyl groups excluding tert-OH is 2. The predicted octanol–water partition coefficient (Wildman–Crippen LogP) is 0.140. The van der Waals surface area contributed by atoms with Crippen LogP contribution in [0.15, 0.2) is 0 Å². The molecule has 0 amide bonds. The maximum Gasteiger partial charge on any atom is 0.128 e. The van der Waals surface area contributed by atoms with Crippen molar-refractivity contribution in [2.24, 2.45) is 0 Å². The van der Waals surface area contributed by atoms with Gasteiger partial charge in [-0.1, -0.05) is 0 Å². The second-order valence-electron chi connectivity index (χ2n) is 5.90. The molecule has 1 fully saturated rings. The zero-order valence-corrected chi connectivity index (χ0v) is 11.0. The molecule has 1 heterocycles. The molecule has 0 radical (unpaired) electrons. The van der Waals surface area contributed by atoms with E-state index in [4.69, 9.17) is 5.11 Å². The molecule has 1 aliphatic heterocycles. The molecule has 1 rings (SSSR count). The lowest BCUT2D eigenvalue weighted by Crippen LogP contribution is -2.56. The Bertz CT molecular complexity index is 233. The summed E-state index contributed by atoms with van der Waals surface area (Å²) in [6, 6.07) is -0.113. The Kier molecular flexibility index (Phi) is 5.31. The minimum atomic E-state index is -0.922. The number of nitrogens with one attached hydrogen (secondary N) is 1. The molecule has 0 aromatic rings. The average molecular weight is 248 g/mol. The van der Waals surface area contributed by atoms with Crippen LogP contribution in [-0.4, -0.2) is 65.2 Å². The van der Waals surface area contributed by atoms with Crippen LogP contribution in [0.4, 0.5) is 4.39 Å². The summed E-state index contributed by atoms with van der Waals surface area (Å²) in [4.78, 5) is 1.87. The third-order valence-corrected chi connectivity index (χ3v) is 2.92. The first-order valence-corrected chi connectivity index (χ1v) is 6.25. The Labute approximate surface area is 103 Å². The molecule has 5 heteroatoms. The van der Waals surface area contributed by atoms with Gasteiger partial charge >= 0.3 is 0 Å². The van der Waals surface area contributed by atoms with Crippen molar-refractivity contribution in [1.29, 1.82) is 0 Å². The van der Waals surface area contributed by atoms with Gasteiger partial charge in [0.15, 0.2) is 0 Å². The predicted molar refractivity (Wildman–Crippen MR) is 65.7 cm³/mol. The molecule has 0 aromatic carbocycles. The molecule has 4 nitrogen and oxygen atoms in total. The molecule has 3 unspecified atom stereocenters. The Morgan fingerprint density at radius 2 is 2.12 bits per heavy atom. The number of hydrogen-bond acceptors (Lipinski definition) is 4. The molecule has 1 aliphatic rings. The number of piperidine rings is 1. The van der Waals surface area contributed by atoms with Gasteiger partial charge in [0, 0.05) is 24.7 Å². The van der Waals surface area contributed by atoms with Crippen molar-refractivity contribution in [3.8, 4) is 0 Å². The number of rotatable bonds is 4. The number of nitrogens with zero attached hydrogens (tertiary/aromatic N) is 1. The van der Waals surface area contributed by atoms with Crippen molar-refractivity contribution >= 4 is 0 Å². The molecule has 0 aromatic heterocycles. The van der Waals surface area contributed by atoms with Crippen molar-refractivity contribution in [2.45, 2.75) is 51.0 Å². The maximum atomic E-state index is 13.9. The molecule has 0 bridgehead atoms. The third-order valence-electron chi connectivity index (χ3n) is 2.92. The van der Waals surface area contributed by atoms with Gasteiger partial charge in [0.25, 0.3) is 0 Å². The van der Waals surface area contributed by atoms with E-state index < -0.39 is 12.3 Å². The summed E-state index contributed by atoms with van der Waals surface area (Å²) in [6.45, 7) is 7.25. The SMILES string of the molecule is CC(C)(C)NC1CCN(CC(O)CO)CC1F. The van der Waals surface area contributed by atoms with Gasteiger partial charge < -0.3 is 15.5 Å². The number of alkyl halides is 1. The Balaban J connectivity index is 2.39. The molecule has 102 valence electrons. The molecular weight excluding hydrogens is 223 g/mol. The summed E-state index contributed by atoms with van der Waals surface area (Å²) in [7, 11) is 0. The highest BCUT2D eigenvalue weighted by Crippen LogP contribution is 2.17. The Morgan fingerprint density at radius 1 is 1.47 bits per heavy atom. The minimum Gasteiger partial charge on any atom is -0.394 e. The fourth-order valence-corrected chi connectivity index (χ4v) is 2.21. The minimum absolute atomic E-state index is 0.0816. The first kappa shape index (κ1) is 14.8. The first-order valence-electron chi connectivity index (χ1n) is 6.25. The highest BCUT2D eigenvalue weighted by Gasteiger charge is 2.31. The summed E-state index contributed by atoms with van der Waals surface area (Å²) in [6.07, 6.45) is -0.959. The standard InChI is InChI=1S/C12H25FN2O2/c1-12(2,3)14-11-4-5-15(7-10(11)13)6-9(17)8-16/h9-11,14,16-17H,4-8H2,1-3H3. The summed E-state index contributed by atoms with van der Waals surface area (Å²) in [5.41, 5.74) is -0.0816. The van der Waals surface area contributed by atoms with Crippen LogP contribution in [0.5, 0.6) is 0 Å². The van der Waals surface area contributed by atoms with Crippen LogP contribution in [0.2, 0.25) is 0 Å². The third kappa shape index (κ3) is 5.29. The van der Waals surface area contributed by atoms with E-state index in [1.165, 1.54) is 0 Å². The van der Waals surface area contributed by atoms with E-state index in [-0.39, 0.29) is 18.2 Å². The van der Waals surface area contributed by atoms with Gasteiger partial charge in [-0.15, -0.1) is 0 Å². The number of halogens is 1. The van der Waals surface area contributed by atoms with Gasteiger partial charge in [-0.25, -0.2) is 4.39 Å². The maximum absolute atomic E-state index is 13.9. The normalized spacial score (nSPS) is 29.3. The molecule has 3 atom stereocenters. The van der Waals surface area contributed by atoms with Crippen molar-refractivity contribution in [2.75, 3.05) is 26.2 Å². The summed E-state index contributed by atoms with van der Waals surface area (Å²) in [5.74, 6) is 0. The highest BCUT2D eigenvalue weighted by molar-refractivity contribution is 4.89. The summed E-state index contributed by atoms with van der Waals surface area (Å²) >= 11 is 0. The quantitative estimate of drug-likeness (QED) is 0.662. The van der Waals surface area contributed by atoms with E-state index in [9.17, 15) is 9.50 Å². The van der Waals surface area contributed by atoms with Crippen molar-refractivity contribution in [3.05, 3.63) is 0 Å². The second-order valence-corrected chi connectivity index (χ2v) is 5.90. The second kappa shape index (κ2) is 6.09. The molecule has 0 aliphatic carbocycles. The zero-order valence-electron chi connectivity index (χ0n) is 11.0. The van der Waals surface area contributed by atoms with Crippen LogP contribution >= 0.6 is 0 Å². The molecule has 17 heavy (non-hydrogen) atoms. The van der Waals surface area contributed by atoms with E-state index in [2.05, 4.69) is 5.32 Å². The van der Waals surface area contributed by atoms with Gasteiger partial charge in [-0.2, -0.15) is 0 Å². The Morgan fingerprint density at radius 3 is 2.59 bits per heavy atom. The number of β-amino-alcohol motifs (C(OH)–C–C–N with tert-alkyl or cyclic N) is 1. The molecule has 0 spiro atoms. The largest absolute Gasteiger partial charge is 0.394 e. The van der Waals surface area contributed by atoms with Gasteiger partial charge in [-0.3, -0.25) is 4.90 Å². The van der Waals surface area contributed by atoms with Crippen molar-refractivity contribution in [3.63, 3.8) is 0 Å². The van der Waals surface area contributed by atoms with Crippen LogP contribution in [0.25, 0.3) is 0 Å². The van der Waals surface area contributed by atoms with Crippen molar-refractivity contribution in [1.82, 2.24) is 10.2 Å². The van der Waals surface area contributed by atoms with Crippen LogP contribution < -0.4 is 5.32 Å². The lowest BCUT2D eigenvalue weighted by molar-refractivity contribution is 0.0272. The van der Waals surface area contributed by atoms with Crippen LogP contribution in [0.1, 0.15) is 27.2 Å².